The second-order valence-corrected chi connectivity index (χ2v) is 7.08. The van der Waals surface area contributed by atoms with Crippen LogP contribution in [0.5, 0.6) is 17.2 Å². The fraction of sp³-hybridized carbons (Fsp3) is 0.292. The minimum absolute atomic E-state index is 0.227. The summed E-state index contributed by atoms with van der Waals surface area (Å²) >= 11 is 0. The topological polar surface area (TPSA) is 101 Å². The zero-order valence-corrected chi connectivity index (χ0v) is 17.8. The molecule has 0 saturated carbocycles. The number of aromatic amines is 1. The molecule has 1 atom stereocenters. The number of carbonyl (C=O) groups is 1. The minimum atomic E-state index is -0.904. The Bertz CT molecular complexity index is 1060. The number of hydrogen-bond acceptors (Lipinski definition) is 6. The predicted molar refractivity (Wildman–Crippen MR) is 119 cm³/mol. The average molecular weight is 425 g/mol. The Morgan fingerprint density at radius 3 is 2.39 bits per heavy atom. The summed E-state index contributed by atoms with van der Waals surface area (Å²) in [6, 6.07) is 11.0. The number of benzene rings is 2. The Labute approximate surface area is 180 Å². The van der Waals surface area contributed by atoms with Gasteiger partial charge in [-0.15, -0.1) is 0 Å². The lowest BCUT2D eigenvalue weighted by Gasteiger charge is -2.15. The number of allylic oxidation sites excluding steroid dienone is 1. The van der Waals surface area contributed by atoms with Gasteiger partial charge in [0.1, 0.15) is 0 Å². The third kappa shape index (κ3) is 4.90. The molecule has 31 heavy (non-hydrogen) atoms. The van der Waals surface area contributed by atoms with E-state index < -0.39 is 6.10 Å². The molecule has 0 fully saturated rings. The monoisotopic (exact) mass is 425 g/mol. The lowest BCUT2D eigenvalue weighted by molar-refractivity contribution is 0.0871. The number of H-pyrrole nitrogens is 1. The van der Waals surface area contributed by atoms with Crippen LogP contribution in [0.25, 0.3) is 17.0 Å². The van der Waals surface area contributed by atoms with E-state index in [0.717, 1.165) is 16.5 Å². The number of carbonyl (C=O) groups excluding carboxylic acids is 1. The van der Waals surface area contributed by atoms with E-state index in [0.29, 0.717) is 28.4 Å². The van der Waals surface area contributed by atoms with Crippen molar-refractivity contribution >= 4 is 22.8 Å². The average Bonchev–Trinajstić information content (AvgIpc) is 3.22. The molecule has 0 aliphatic rings. The van der Waals surface area contributed by atoms with Crippen molar-refractivity contribution in [2.24, 2.45) is 0 Å². The first kappa shape index (κ1) is 22.4. The van der Waals surface area contributed by atoms with Crippen LogP contribution in [-0.4, -0.2) is 55.0 Å². The number of aromatic nitrogens is 1. The van der Waals surface area contributed by atoms with Crippen LogP contribution in [0.15, 0.2) is 48.2 Å². The van der Waals surface area contributed by atoms with Gasteiger partial charge in [-0.1, -0.05) is 18.2 Å². The summed E-state index contributed by atoms with van der Waals surface area (Å²) in [6.45, 7) is -0.362. The Balaban J connectivity index is 2.06. The molecule has 0 radical (unpaired) electrons. The molecule has 164 valence electrons. The van der Waals surface area contributed by atoms with Crippen molar-refractivity contribution in [1.29, 1.82) is 0 Å². The fourth-order valence-corrected chi connectivity index (χ4v) is 3.46. The highest BCUT2D eigenvalue weighted by molar-refractivity contribution is 6.12. The SMILES string of the molecule is COc1cc(C(=O)/C(=C/c2c[nH]c3ccccc23)CCC(O)CO)cc(OC)c1OC. The highest BCUT2D eigenvalue weighted by Crippen LogP contribution is 2.39. The number of nitrogens with one attached hydrogen (secondary N) is 1. The van der Waals surface area contributed by atoms with Crippen molar-refractivity contribution in [3.8, 4) is 17.2 Å². The molecule has 0 saturated heterocycles. The molecule has 0 bridgehead atoms. The van der Waals surface area contributed by atoms with E-state index in [2.05, 4.69) is 4.98 Å². The number of rotatable bonds is 10. The third-order valence-corrected chi connectivity index (χ3v) is 5.13. The molecule has 1 heterocycles. The zero-order chi connectivity index (χ0) is 22.4. The maximum atomic E-state index is 13.5. The second-order valence-electron chi connectivity index (χ2n) is 7.08. The molecule has 0 aliphatic carbocycles. The summed E-state index contributed by atoms with van der Waals surface area (Å²) in [5.74, 6) is 0.938. The predicted octanol–water partition coefficient (Wildman–Crippen LogP) is 3.59. The van der Waals surface area contributed by atoms with Crippen LogP contribution in [0.4, 0.5) is 0 Å². The number of Topliss-reactive ketones (excluding diaryl/α,β-unsaturated/α-hetero) is 1. The molecule has 0 spiro atoms. The maximum absolute atomic E-state index is 13.5. The van der Waals surface area contributed by atoms with E-state index in [-0.39, 0.29) is 25.2 Å². The summed E-state index contributed by atoms with van der Waals surface area (Å²) in [4.78, 5) is 16.7. The van der Waals surface area contributed by atoms with Crippen molar-refractivity contribution in [1.82, 2.24) is 4.98 Å². The first-order chi connectivity index (χ1) is 15.0. The molecule has 0 amide bonds. The van der Waals surface area contributed by atoms with Gasteiger partial charge in [0, 0.05) is 33.8 Å². The van der Waals surface area contributed by atoms with Gasteiger partial charge < -0.3 is 29.4 Å². The largest absolute Gasteiger partial charge is 0.493 e. The Morgan fingerprint density at radius 2 is 1.77 bits per heavy atom. The van der Waals surface area contributed by atoms with Gasteiger partial charge in [-0.25, -0.2) is 0 Å². The highest BCUT2D eigenvalue weighted by Gasteiger charge is 2.20. The molecule has 3 N–H and O–H groups in total. The van der Waals surface area contributed by atoms with E-state index in [4.69, 9.17) is 14.2 Å². The van der Waals surface area contributed by atoms with Gasteiger partial charge in [0.25, 0.3) is 0 Å². The third-order valence-electron chi connectivity index (χ3n) is 5.13. The summed E-state index contributed by atoms with van der Waals surface area (Å²) in [5.41, 5.74) is 2.69. The normalized spacial score (nSPS) is 12.6. The highest BCUT2D eigenvalue weighted by atomic mass is 16.5. The van der Waals surface area contributed by atoms with E-state index in [9.17, 15) is 15.0 Å². The number of aliphatic hydroxyl groups is 2. The second kappa shape index (κ2) is 10.1. The number of fused-ring (bicyclic) bond motifs is 1. The van der Waals surface area contributed by atoms with Crippen molar-refractivity contribution < 1.29 is 29.2 Å². The summed E-state index contributed by atoms with van der Waals surface area (Å²) in [6.07, 6.45) is 3.29. The molecular formula is C24H27NO6. The number of para-hydroxylation sites is 1. The molecular weight excluding hydrogens is 398 g/mol. The number of ether oxygens (including phenoxy) is 3. The van der Waals surface area contributed by atoms with E-state index >= 15 is 0 Å². The summed E-state index contributed by atoms with van der Waals surface area (Å²) in [5, 5.41) is 20.0. The van der Waals surface area contributed by atoms with Gasteiger partial charge in [0.15, 0.2) is 17.3 Å². The summed E-state index contributed by atoms with van der Waals surface area (Å²) < 4.78 is 16.1. The number of aliphatic hydroxyl groups excluding tert-OH is 2. The van der Waals surface area contributed by atoms with Crippen LogP contribution in [0, 0.1) is 0 Å². The molecule has 3 aromatic rings. The molecule has 1 aromatic heterocycles. The van der Waals surface area contributed by atoms with Crippen LogP contribution in [-0.2, 0) is 0 Å². The molecule has 0 aliphatic heterocycles. The van der Waals surface area contributed by atoms with Crippen molar-refractivity contribution in [3.05, 3.63) is 59.3 Å². The van der Waals surface area contributed by atoms with Crippen LogP contribution in [0.1, 0.15) is 28.8 Å². The molecule has 1 unspecified atom stereocenters. The zero-order valence-electron chi connectivity index (χ0n) is 17.8. The molecule has 7 nitrogen and oxygen atoms in total. The lowest BCUT2D eigenvalue weighted by Crippen LogP contribution is -2.14. The van der Waals surface area contributed by atoms with Crippen molar-refractivity contribution in [3.63, 3.8) is 0 Å². The standard InChI is InChI=1S/C24H27NO6/c1-29-21-11-16(12-22(30-2)24(21)31-3)23(28)15(8-9-18(27)14-26)10-17-13-25-20-7-5-4-6-19(17)20/h4-7,10-13,18,25-27H,8-9,14H2,1-3H3/b15-10+. The lowest BCUT2D eigenvalue weighted by atomic mass is 9.95. The van der Waals surface area contributed by atoms with Gasteiger partial charge in [-0.05, 0) is 37.1 Å². The smallest absolute Gasteiger partial charge is 0.203 e. The number of ketones is 1. The Hall–Kier alpha value is -3.29. The van der Waals surface area contributed by atoms with E-state index in [1.807, 2.05) is 36.5 Å². The van der Waals surface area contributed by atoms with Gasteiger partial charge in [-0.3, -0.25) is 4.79 Å². The van der Waals surface area contributed by atoms with Crippen molar-refractivity contribution in [2.75, 3.05) is 27.9 Å². The van der Waals surface area contributed by atoms with Crippen LogP contribution < -0.4 is 14.2 Å². The Kier molecular flexibility index (Phi) is 7.33. The van der Waals surface area contributed by atoms with Gasteiger partial charge in [-0.2, -0.15) is 0 Å². The Morgan fingerprint density at radius 1 is 1.10 bits per heavy atom. The van der Waals surface area contributed by atoms with Crippen LogP contribution in [0.3, 0.4) is 0 Å². The number of hydrogen-bond donors (Lipinski definition) is 3. The maximum Gasteiger partial charge on any atom is 0.203 e. The minimum Gasteiger partial charge on any atom is -0.493 e. The molecule has 3 rings (SSSR count). The molecule has 7 heteroatoms. The quantitative estimate of drug-likeness (QED) is 0.339. The van der Waals surface area contributed by atoms with E-state index in [1.165, 1.54) is 21.3 Å². The summed E-state index contributed by atoms with van der Waals surface area (Å²) in [7, 11) is 4.48. The fourth-order valence-electron chi connectivity index (χ4n) is 3.46. The first-order valence-electron chi connectivity index (χ1n) is 9.92. The van der Waals surface area contributed by atoms with Gasteiger partial charge >= 0.3 is 0 Å². The number of methoxy groups -OCH3 is 3. The van der Waals surface area contributed by atoms with Crippen LogP contribution in [0.2, 0.25) is 0 Å². The van der Waals surface area contributed by atoms with Crippen molar-refractivity contribution in [2.45, 2.75) is 18.9 Å². The van der Waals surface area contributed by atoms with Gasteiger partial charge in [0.2, 0.25) is 5.75 Å². The van der Waals surface area contributed by atoms with E-state index in [1.54, 1.807) is 12.1 Å². The van der Waals surface area contributed by atoms with Crippen LogP contribution >= 0.6 is 0 Å². The van der Waals surface area contributed by atoms with Gasteiger partial charge in [0.05, 0.1) is 34.0 Å². The first-order valence-corrected chi connectivity index (χ1v) is 9.92. The molecule has 2 aromatic carbocycles.